The Bertz CT molecular complexity index is 3040. The van der Waals surface area contributed by atoms with E-state index in [2.05, 4.69) is 100 Å². The second-order valence-corrected chi connectivity index (χ2v) is 35.3. The summed E-state index contributed by atoms with van der Waals surface area (Å²) in [6, 6.07) is 10.7. The van der Waals surface area contributed by atoms with Crippen LogP contribution in [-0.4, -0.2) is 124 Å². The van der Waals surface area contributed by atoms with Crippen molar-refractivity contribution in [2.75, 3.05) is 30.5 Å². The summed E-state index contributed by atoms with van der Waals surface area (Å²) in [6.07, 6.45) is -4.85. The van der Waals surface area contributed by atoms with Gasteiger partial charge in [0.15, 0.2) is 57.2 Å². The zero-order chi connectivity index (χ0) is 54.4. The van der Waals surface area contributed by atoms with E-state index >= 15 is 4.57 Å². The van der Waals surface area contributed by atoms with Crippen LogP contribution in [0.2, 0.25) is 36.3 Å². The molecule has 0 saturated carbocycles. The third-order valence-corrected chi connectivity index (χ3v) is 25.8. The molecule has 3 aliphatic rings. The van der Waals surface area contributed by atoms with Crippen LogP contribution in [-0.2, 0) is 50.3 Å². The van der Waals surface area contributed by atoms with E-state index in [1.54, 1.807) is 48.7 Å². The maximum atomic E-state index is 15.1. The lowest BCUT2D eigenvalue weighted by atomic mass is 10.1. The smallest absolute Gasteiger partial charge is 0.386 e. The molecule has 8 rings (SSSR count). The molecule has 1 aromatic carbocycles. The second kappa shape index (κ2) is 22.2. The SMILES string of the molecule is CC(C)C(=O)Nc1nc2c(ncn2[C@@H]2O[C@@H]3COP(=O)(S)O[C@@H]4[C@H](O[Si](C)(C)C(C)(C)C)[C@@H](COP(OCCC#N)O[C@@H]2[C@@H]3O[Si](C)(C)C(C)(C)C)O[C@H]4n2cnc3c(NC(=O)c4ccccc4)ncnc32)c(=O)[nH]1. The predicted molar refractivity (Wildman–Crippen MR) is 285 cm³/mol. The molecule has 0 spiro atoms. The first-order valence-corrected chi connectivity index (χ1v) is 34.0. The number of anilines is 2. The highest BCUT2D eigenvalue weighted by atomic mass is 32.7. The number of nitrogens with zero attached hydrogens (tertiary/aromatic N) is 8. The van der Waals surface area contributed by atoms with Crippen molar-refractivity contribution >= 4 is 90.2 Å². The number of hydrogen-bond donors (Lipinski definition) is 4. The molecule has 4 aromatic heterocycles. The Morgan fingerprint density at radius 2 is 1.49 bits per heavy atom. The lowest BCUT2D eigenvalue weighted by Gasteiger charge is -2.41. The lowest BCUT2D eigenvalue weighted by Crippen LogP contribution is -2.51. The van der Waals surface area contributed by atoms with Crippen molar-refractivity contribution in [2.24, 2.45) is 5.92 Å². The Labute approximate surface area is 442 Å². The number of aromatic nitrogens is 8. The van der Waals surface area contributed by atoms with Crippen molar-refractivity contribution in [2.45, 2.75) is 147 Å². The summed E-state index contributed by atoms with van der Waals surface area (Å²) in [5, 5.41) is 14.4. The van der Waals surface area contributed by atoms with Gasteiger partial charge in [0.05, 0.1) is 45.0 Å². The molecule has 10 atom stereocenters. The number of hydrogen-bond acceptors (Lipinski definition) is 19. The third-order valence-electron chi connectivity index (χ3n) is 14.0. The molecule has 29 heteroatoms. The number of fused-ring (bicyclic) bond motifs is 6. The Kier molecular flexibility index (Phi) is 16.8. The van der Waals surface area contributed by atoms with Gasteiger partial charge in [-0.3, -0.25) is 42.9 Å². The van der Waals surface area contributed by atoms with Gasteiger partial charge in [-0.25, -0.2) is 24.5 Å². The average molecular weight is 1130 g/mol. The van der Waals surface area contributed by atoms with Crippen molar-refractivity contribution in [3.63, 3.8) is 0 Å². The van der Waals surface area contributed by atoms with Crippen molar-refractivity contribution in [1.82, 2.24) is 39.0 Å². The summed E-state index contributed by atoms with van der Waals surface area (Å²) in [7, 11) is -7.98. The number of benzene rings is 1. The quantitative estimate of drug-likeness (QED) is 0.0372. The molecular formula is C46H65N11O13P2SSi2. The Hall–Kier alpha value is -4.37. The van der Waals surface area contributed by atoms with Gasteiger partial charge < -0.3 is 37.2 Å². The molecule has 5 aromatic rings. The standard InChI is InChI=1S/C46H65N11O13P2SSi2/c1-26(2)39(58)54-44-53-38-31(41(60)55-44)51-25-57(38)42-34-32(69-74(9,10)45(3,4)5)29(66-42)22-64-72(61,73)68-35-33(70-75(11,12)46(6,7)8)28(21-63-71(67-34)62-20-16-19-47)65-43(35)56-24-50-30-36(48-23-49-37(30)56)52-40(59)27-17-14-13-15-18-27/h13-15,17-18,23-26,28-29,32-35,42-43H,16,20-22H2,1-12H3,(H,61,73)(H,48,49,52,59)(H2,53,54,55,58,60)/t28-,29-,32-,33-,34-,35-,42-,43-,71?,72?/m1/s1. The summed E-state index contributed by atoms with van der Waals surface area (Å²) in [6.45, 7) is 18.7. The van der Waals surface area contributed by atoms with Crippen LogP contribution in [0.3, 0.4) is 0 Å². The molecule has 0 radical (unpaired) electrons. The number of imidazole rings is 2. The minimum Gasteiger partial charge on any atom is -0.408 e. The first kappa shape index (κ1) is 56.8. The molecule has 3 N–H and O–H groups in total. The summed E-state index contributed by atoms with van der Waals surface area (Å²) < 4.78 is 78.9. The number of rotatable bonds is 13. The van der Waals surface area contributed by atoms with Crippen LogP contribution in [0.15, 0.2) is 54.1 Å². The number of ether oxygens (including phenoxy) is 2. The van der Waals surface area contributed by atoms with Crippen molar-refractivity contribution < 1.29 is 55.1 Å². The van der Waals surface area contributed by atoms with Gasteiger partial charge in [0.1, 0.15) is 43.0 Å². The summed E-state index contributed by atoms with van der Waals surface area (Å²) in [4.78, 5) is 64.7. The molecule has 3 fully saturated rings. The van der Waals surface area contributed by atoms with Gasteiger partial charge in [0.25, 0.3) is 11.5 Å². The number of carbonyl (C=O) groups excluding carboxylic acids is 2. The summed E-state index contributed by atoms with van der Waals surface area (Å²) >= 11 is 4.60. The van der Waals surface area contributed by atoms with E-state index in [0.29, 0.717) is 5.56 Å². The van der Waals surface area contributed by atoms with E-state index in [1.165, 1.54) is 23.5 Å². The third kappa shape index (κ3) is 12.3. The first-order valence-electron chi connectivity index (χ1n) is 24.4. The number of nitrogens with one attached hydrogen (secondary N) is 3. The Morgan fingerprint density at radius 1 is 0.893 bits per heavy atom. The monoisotopic (exact) mass is 1130 g/mol. The summed E-state index contributed by atoms with van der Waals surface area (Å²) in [5.41, 5.74) is 0.197. The molecular weight excluding hydrogens is 1060 g/mol. The average Bonchev–Trinajstić information content (AvgIpc) is 4.11. The molecule has 2 unspecified atom stereocenters. The fraction of sp³-hybridized carbons (Fsp3) is 0.587. The van der Waals surface area contributed by atoms with Gasteiger partial charge in [-0.05, 0) is 48.4 Å². The van der Waals surface area contributed by atoms with Gasteiger partial charge >= 0.3 is 15.4 Å². The molecule has 75 heavy (non-hydrogen) atoms. The van der Waals surface area contributed by atoms with Crippen LogP contribution in [0.25, 0.3) is 22.3 Å². The molecule has 406 valence electrons. The normalized spacial score (nSPS) is 27.1. The maximum absolute atomic E-state index is 15.1. The number of carbonyl (C=O) groups is 2. The van der Waals surface area contributed by atoms with Crippen LogP contribution >= 0.6 is 27.6 Å². The second-order valence-electron chi connectivity index (χ2n) is 21.7. The maximum Gasteiger partial charge on any atom is 0.386 e. The largest absolute Gasteiger partial charge is 0.408 e. The molecule has 0 aliphatic carbocycles. The fourth-order valence-electron chi connectivity index (χ4n) is 7.86. The lowest BCUT2D eigenvalue weighted by molar-refractivity contribution is -0.118. The van der Waals surface area contributed by atoms with Crippen LogP contribution < -0.4 is 16.2 Å². The number of amides is 2. The molecule has 3 saturated heterocycles. The minimum absolute atomic E-state index is 0.0180. The van der Waals surface area contributed by atoms with Crippen molar-refractivity contribution in [3.8, 4) is 6.07 Å². The zero-order valence-electron chi connectivity index (χ0n) is 43.9. The zero-order valence-corrected chi connectivity index (χ0v) is 48.6. The van der Waals surface area contributed by atoms with Gasteiger partial charge in [-0.1, -0.05) is 85.8 Å². The number of thiol groups is 1. The molecule has 3 aliphatic heterocycles. The van der Waals surface area contributed by atoms with Gasteiger partial charge in [-0.15, -0.1) is 0 Å². The number of aromatic amines is 1. The highest BCUT2D eigenvalue weighted by Crippen LogP contribution is 2.59. The summed E-state index contributed by atoms with van der Waals surface area (Å²) in [5.74, 6) is -1.23. The van der Waals surface area contributed by atoms with Crippen molar-refractivity contribution in [3.05, 3.63) is 65.2 Å². The van der Waals surface area contributed by atoms with Crippen LogP contribution in [0.4, 0.5) is 11.8 Å². The highest BCUT2D eigenvalue weighted by molar-refractivity contribution is 8.44. The van der Waals surface area contributed by atoms with Crippen LogP contribution in [0.5, 0.6) is 0 Å². The van der Waals surface area contributed by atoms with E-state index in [-0.39, 0.29) is 69.7 Å². The van der Waals surface area contributed by atoms with E-state index in [4.69, 9.17) is 40.9 Å². The van der Waals surface area contributed by atoms with Crippen molar-refractivity contribution in [1.29, 1.82) is 5.26 Å². The number of H-pyrrole nitrogens is 1. The topological polar surface area (TPSA) is 289 Å². The van der Waals surface area contributed by atoms with Gasteiger partial charge in [0, 0.05) is 11.5 Å². The molecule has 24 nitrogen and oxygen atoms in total. The van der Waals surface area contributed by atoms with Crippen LogP contribution in [0, 0.1) is 17.2 Å². The van der Waals surface area contributed by atoms with Gasteiger partial charge in [-0.2, -0.15) is 10.2 Å². The molecule has 4 bridgehead atoms. The Balaban J connectivity index is 1.23. The highest BCUT2D eigenvalue weighted by Gasteiger charge is 2.57. The number of nitriles is 1. The van der Waals surface area contributed by atoms with E-state index < -0.39 is 105 Å². The fourth-order valence-corrected chi connectivity index (χ4v) is 13.1. The van der Waals surface area contributed by atoms with E-state index in [9.17, 15) is 19.6 Å². The predicted octanol–water partition coefficient (Wildman–Crippen LogP) is 8.39. The van der Waals surface area contributed by atoms with Gasteiger partial charge in [0.2, 0.25) is 11.9 Å². The van der Waals surface area contributed by atoms with E-state index in [1.807, 2.05) is 26.2 Å². The first-order chi connectivity index (χ1) is 35.2. The molecule has 7 heterocycles. The van der Waals surface area contributed by atoms with Crippen LogP contribution in [0.1, 0.15) is 84.6 Å². The minimum atomic E-state index is -4.49. The Morgan fingerprint density at radius 3 is 2.12 bits per heavy atom. The molecule has 2 amide bonds. The van der Waals surface area contributed by atoms with E-state index in [0.717, 1.165) is 0 Å².